The van der Waals surface area contributed by atoms with Gasteiger partial charge in [0, 0.05) is 16.8 Å². The molecule has 0 aliphatic carbocycles. The Kier molecular flexibility index (Phi) is 5.71. The molecule has 2 N–H and O–H groups in total. The van der Waals surface area contributed by atoms with E-state index in [0.717, 1.165) is 22.0 Å². The Morgan fingerprint density at radius 2 is 1.67 bits per heavy atom. The number of fused-ring (bicyclic) bond motifs is 1. The fraction of sp³-hybridized carbons (Fsp3) is 0.0769. The molecule has 1 heterocycles. The van der Waals surface area contributed by atoms with E-state index in [0.29, 0.717) is 17.1 Å². The lowest BCUT2D eigenvalue weighted by atomic mass is 10.1. The van der Waals surface area contributed by atoms with Gasteiger partial charge in [0.1, 0.15) is 11.2 Å². The highest BCUT2D eigenvalue weighted by Gasteiger charge is 2.34. The van der Waals surface area contributed by atoms with Crippen LogP contribution in [0.3, 0.4) is 0 Å². The highest BCUT2D eigenvalue weighted by Crippen LogP contribution is 2.42. The number of rotatable bonds is 4. The normalized spacial score (nSPS) is 15.6. The zero-order chi connectivity index (χ0) is 22.8. The van der Waals surface area contributed by atoms with Crippen molar-refractivity contribution < 1.29 is 14.0 Å². The third kappa shape index (κ3) is 4.40. The molecular weight excluding hydrogens is 437 g/mol. The van der Waals surface area contributed by atoms with Crippen molar-refractivity contribution in [1.82, 2.24) is 0 Å². The van der Waals surface area contributed by atoms with Crippen molar-refractivity contribution in [3.8, 4) is 0 Å². The van der Waals surface area contributed by atoms with Crippen LogP contribution in [0.4, 0.5) is 26.2 Å². The lowest BCUT2D eigenvalue weighted by Gasteiger charge is -2.24. The van der Waals surface area contributed by atoms with Crippen LogP contribution < -0.4 is 15.5 Å². The Labute approximate surface area is 194 Å². The maximum atomic E-state index is 13.4. The minimum Gasteiger partial charge on any atom is -0.308 e. The summed E-state index contributed by atoms with van der Waals surface area (Å²) in [6.45, 7) is 0. The summed E-state index contributed by atoms with van der Waals surface area (Å²) >= 11 is 1.50. The number of thioether (sulfide) groups is 1. The minimum absolute atomic E-state index is 0.0383. The molecule has 0 bridgehead atoms. The van der Waals surface area contributed by atoms with E-state index in [1.54, 1.807) is 23.1 Å². The number of carbonyl (C=O) groups is 2. The number of nitrogens with zero attached hydrogens (tertiary/aromatic N) is 1. The summed E-state index contributed by atoms with van der Waals surface area (Å²) in [4.78, 5) is 26.9. The first-order valence-electron chi connectivity index (χ1n) is 10.4. The number of urea groups is 1. The van der Waals surface area contributed by atoms with E-state index in [-0.39, 0.29) is 23.1 Å². The molecule has 5 nitrogen and oxygen atoms in total. The molecule has 0 radical (unpaired) electrons. The van der Waals surface area contributed by atoms with Gasteiger partial charge in [-0.25, -0.2) is 9.18 Å². The number of hydrogen-bond donors (Lipinski definition) is 2. The Bertz CT molecular complexity index is 1340. The topological polar surface area (TPSA) is 61.4 Å². The maximum absolute atomic E-state index is 13.4. The molecule has 4 aromatic rings. The summed E-state index contributed by atoms with van der Waals surface area (Å²) in [5.41, 5.74) is 2.85. The first kappa shape index (κ1) is 21.0. The zero-order valence-electron chi connectivity index (χ0n) is 17.5. The van der Waals surface area contributed by atoms with Crippen LogP contribution in [0.5, 0.6) is 0 Å². The molecule has 3 amide bonds. The summed E-state index contributed by atoms with van der Waals surface area (Å²) in [5, 5.41) is 7.54. The third-order valence-corrected chi connectivity index (χ3v) is 6.65. The summed E-state index contributed by atoms with van der Waals surface area (Å²) in [5.74, 6) is -0.0528. The average Bonchev–Trinajstić information content (AvgIpc) is 3.21. The number of hydrogen-bond acceptors (Lipinski definition) is 3. The molecule has 1 aliphatic heterocycles. The minimum atomic E-state index is -0.353. The molecule has 0 saturated carbocycles. The molecule has 7 heteroatoms. The van der Waals surface area contributed by atoms with Gasteiger partial charge in [0.2, 0.25) is 5.91 Å². The van der Waals surface area contributed by atoms with Crippen molar-refractivity contribution in [3.05, 3.63) is 102 Å². The van der Waals surface area contributed by atoms with Crippen molar-refractivity contribution in [2.45, 2.75) is 5.37 Å². The van der Waals surface area contributed by atoms with Crippen LogP contribution in [0.25, 0.3) is 10.8 Å². The van der Waals surface area contributed by atoms with Crippen LogP contribution >= 0.6 is 11.8 Å². The third-order valence-electron chi connectivity index (χ3n) is 5.44. The molecule has 1 fully saturated rings. The van der Waals surface area contributed by atoms with Crippen molar-refractivity contribution in [3.63, 3.8) is 0 Å². The highest BCUT2D eigenvalue weighted by atomic mass is 32.2. The first-order valence-corrected chi connectivity index (χ1v) is 11.5. The van der Waals surface area contributed by atoms with Gasteiger partial charge in [-0.05, 0) is 53.4 Å². The van der Waals surface area contributed by atoms with E-state index < -0.39 is 0 Å². The lowest BCUT2D eigenvalue weighted by molar-refractivity contribution is -0.115. The summed E-state index contributed by atoms with van der Waals surface area (Å²) < 4.78 is 13.4. The van der Waals surface area contributed by atoms with Crippen LogP contribution in [0.15, 0.2) is 91.0 Å². The Hall–Kier alpha value is -3.84. The zero-order valence-corrected chi connectivity index (χ0v) is 18.3. The standard InChI is InChI=1S/C26H20FN3O2S/c27-19-11-13-21(14-12-19)30-24(31)16-33-25(30)18-7-3-8-20(15-18)28-26(32)29-23-10-4-6-17-5-1-2-9-22(17)23/h1-15,25H,16H2,(H2,28,29,32). The first-order chi connectivity index (χ1) is 16.1. The molecule has 0 spiro atoms. The van der Waals surface area contributed by atoms with Gasteiger partial charge in [-0.1, -0.05) is 48.5 Å². The lowest BCUT2D eigenvalue weighted by Crippen LogP contribution is -2.27. The van der Waals surface area contributed by atoms with Crippen LogP contribution in [0.2, 0.25) is 0 Å². The van der Waals surface area contributed by atoms with Crippen LogP contribution in [0.1, 0.15) is 10.9 Å². The maximum Gasteiger partial charge on any atom is 0.323 e. The number of amides is 3. The van der Waals surface area contributed by atoms with Crippen molar-refractivity contribution in [2.24, 2.45) is 0 Å². The molecule has 0 aromatic heterocycles. The molecule has 1 saturated heterocycles. The van der Waals surface area contributed by atoms with Crippen LogP contribution in [-0.2, 0) is 4.79 Å². The highest BCUT2D eigenvalue weighted by molar-refractivity contribution is 8.00. The average molecular weight is 458 g/mol. The van der Waals surface area contributed by atoms with Crippen LogP contribution in [-0.4, -0.2) is 17.7 Å². The van der Waals surface area contributed by atoms with Gasteiger partial charge in [-0.2, -0.15) is 0 Å². The fourth-order valence-electron chi connectivity index (χ4n) is 3.94. The largest absolute Gasteiger partial charge is 0.323 e. The molecule has 33 heavy (non-hydrogen) atoms. The van der Waals surface area contributed by atoms with E-state index in [1.807, 2.05) is 60.7 Å². The molecule has 1 atom stereocenters. The van der Waals surface area contributed by atoms with Gasteiger partial charge in [0.25, 0.3) is 0 Å². The summed E-state index contributed by atoms with van der Waals surface area (Å²) in [6.07, 6.45) is 0. The van der Waals surface area contributed by atoms with E-state index in [2.05, 4.69) is 10.6 Å². The van der Waals surface area contributed by atoms with Gasteiger partial charge in [0.15, 0.2) is 0 Å². The monoisotopic (exact) mass is 457 g/mol. The predicted molar refractivity (Wildman–Crippen MR) is 132 cm³/mol. The van der Waals surface area contributed by atoms with Gasteiger partial charge >= 0.3 is 6.03 Å². The van der Waals surface area contributed by atoms with Gasteiger partial charge < -0.3 is 10.6 Å². The SMILES string of the molecule is O=C(Nc1cccc(C2SCC(=O)N2c2ccc(F)cc2)c1)Nc1cccc2ccccc12. The van der Waals surface area contributed by atoms with Crippen molar-refractivity contribution in [1.29, 1.82) is 0 Å². The number of anilines is 3. The molecule has 164 valence electrons. The van der Waals surface area contributed by atoms with Crippen molar-refractivity contribution >= 4 is 51.5 Å². The second-order valence-electron chi connectivity index (χ2n) is 7.63. The van der Waals surface area contributed by atoms with Gasteiger partial charge in [-0.3, -0.25) is 9.69 Å². The predicted octanol–water partition coefficient (Wildman–Crippen LogP) is 6.40. The smallest absolute Gasteiger partial charge is 0.308 e. The second kappa shape index (κ2) is 8.96. The number of halogens is 1. The molecular formula is C26H20FN3O2S. The summed E-state index contributed by atoms with van der Waals surface area (Å²) in [6, 6.07) is 26.6. The Morgan fingerprint density at radius 1 is 0.909 bits per heavy atom. The summed E-state index contributed by atoms with van der Waals surface area (Å²) in [7, 11) is 0. The van der Waals surface area contributed by atoms with E-state index in [1.165, 1.54) is 23.9 Å². The van der Waals surface area contributed by atoms with E-state index >= 15 is 0 Å². The van der Waals surface area contributed by atoms with Gasteiger partial charge in [-0.15, -0.1) is 11.8 Å². The molecule has 1 aliphatic rings. The molecule has 1 unspecified atom stereocenters. The Morgan fingerprint density at radius 3 is 2.52 bits per heavy atom. The Balaban J connectivity index is 1.35. The number of benzene rings is 4. The molecule has 5 rings (SSSR count). The second-order valence-corrected chi connectivity index (χ2v) is 8.70. The fourth-order valence-corrected chi connectivity index (χ4v) is 5.11. The van der Waals surface area contributed by atoms with Crippen LogP contribution in [0, 0.1) is 5.82 Å². The number of carbonyl (C=O) groups excluding carboxylic acids is 2. The quantitative estimate of drug-likeness (QED) is 0.373. The van der Waals surface area contributed by atoms with E-state index in [9.17, 15) is 14.0 Å². The van der Waals surface area contributed by atoms with E-state index in [4.69, 9.17) is 0 Å². The van der Waals surface area contributed by atoms with Gasteiger partial charge in [0.05, 0.1) is 11.4 Å². The van der Waals surface area contributed by atoms with Crippen molar-refractivity contribution in [2.75, 3.05) is 21.3 Å². The number of nitrogens with one attached hydrogen (secondary N) is 2. The molecule has 4 aromatic carbocycles.